The molecule has 1 aromatic heterocycles. The third-order valence-electron chi connectivity index (χ3n) is 4.53. The summed E-state index contributed by atoms with van der Waals surface area (Å²) < 4.78 is 30.8. The van der Waals surface area contributed by atoms with E-state index < -0.39 is 23.7 Å². The number of hydrogen-bond acceptors (Lipinski definition) is 6. The summed E-state index contributed by atoms with van der Waals surface area (Å²) in [6, 6.07) is 13.2. The van der Waals surface area contributed by atoms with Gasteiger partial charge in [-0.25, -0.2) is 4.98 Å². The SMILES string of the molecule is N#CCCCc1ccc(-n2c(Br)cnc2SC(F)(F)C(=O)NCC(=O)[O-])c2ccccc12.[Na+]. The quantitative estimate of drug-likeness (QED) is 0.234. The normalized spacial score (nSPS) is 11.0. The summed E-state index contributed by atoms with van der Waals surface area (Å²) in [4.78, 5) is 26.2. The van der Waals surface area contributed by atoms with Gasteiger partial charge in [0.1, 0.15) is 4.60 Å². The number of amides is 1. The summed E-state index contributed by atoms with van der Waals surface area (Å²) in [7, 11) is 0. The molecule has 0 aliphatic heterocycles. The van der Waals surface area contributed by atoms with Gasteiger partial charge in [0.25, 0.3) is 0 Å². The minimum atomic E-state index is -3.97. The number of unbranched alkanes of at least 4 members (excludes halogenated alkanes) is 1. The molecule has 3 rings (SSSR count). The van der Waals surface area contributed by atoms with Gasteiger partial charge in [0.15, 0.2) is 5.16 Å². The van der Waals surface area contributed by atoms with Gasteiger partial charge in [0.2, 0.25) is 0 Å². The maximum absolute atomic E-state index is 14.5. The molecule has 0 spiro atoms. The Labute approximate surface area is 223 Å². The molecule has 0 unspecified atom stereocenters. The van der Waals surface area contributed by atoms with E-state index in [1.54, 1.807) is 11.4 Å². The van der Waals surface area contributed by atoms with Crippen LogP contribution in [0.25, 0.3) is 16.5 Å². The molecule has 0 atom stereocenters. The molecule has 0 radical (unpaired) electrons. The molecule has 1 amide bonds. The van der Waals surface area contributed by atoms with Gasteiger partial charge < -0.3 is 15.2 Å². The Hall–Kier alpha value is -1.97. The molecule has 0 saturated carbocycles. The van der Waals surface area contributed by atoms with E-state index in [0.717, 1.165) is 16.3 Å². The first kappa shape index (κ1) is 27.3. The van der Waals surface area contributed by atoms with Crippen LogP contribution < -0.4 is 40.0 Å². The minimum Gasteiger partial charge on any atom is -0.548 e. The van der Waals surface area contributed by atoms with Gasteiger partial charge in [-0.15, -0.1) is 0 Å². The molecule has 0 aliphatic carbocycles. The largest absolute Gasteiger partial charge is 1.00 e. The molecular weight excluding hydrogens is 529 g/mol. The molecule has 166 valence electrons. The van der Waals surface area contributed by atoms with Crippen molar-refractivity contribution in [2.75, 3.05) is 6.54 Å². The smallest absolute Gasteiger partial charge is 0.548 e. The molecule has 0 aliphatic rings. The summed E-state index contributed by atoms with van der Waals surface area (Å²) in [5.74, 6) is -3.43. The number of carbonyl (C=O) groups is 2. The van der Waals surface area contributed by atoms with Gasteiger partial charge in [-0.2, -0.15) is 14.0 Å². The van der Waals surface area contributed by atoms with E-state index in [0.29, 0.717) is 29.6 Å². The average Bonchev–Trinajstić information content (AvgIpc) is 3.11. The fraction of sp³-hybridized carbons (Fsp3) is 0.238. The molecule has 33 heavy (non-hydrogen) atoms. The van der Waals surface area contributed by atoms with Crippen LogP contribution in [0, 0.1) is 11.3 Å². The Balaban J connectivity index is 0.00000385. The van der Waals surface area contributed by atoms with E-state index in [9.17, 15) is 23.5 Å². The van der Waals surface area contributed by atoms with Crippen molar-refractivity contribution < 1.29 is 53.0 Å². The zero-order valence-electron chi connectivity index (χ0n) is 17.5. The summed E-state index contributed by atoms with van der Waals surface area (Å²) >= 11 is 3.23. The second-order valence-corrected chi connectivity index (χ2v) is 8.57. The van der Waals surface area contributed by atoms with Crippen LogP contribution in [0.15, 0.2) is 52.4 Å². The Morgan fingerprint density at radius 1 is 1.24 bits per heavy atom. The first-order valence-corrected chi connectivity index (χ1v) is 11.0. The van der Waals surface area contributed by atoms with Crippen molar-refractivity contribution in [1.82, 2.24) is 14.9 Å². The van der Waals surface area contributed by atoms with Crippen LogP contribution in [-0.4, -0.2) is 33.2 Å². The van der Waals surface area contributed by atoms with Gasteiger partial charge in [-0.1, -0.05) is 30.3 Å². The molecule has 2 aromatic carbocycles. The third kappa shape index (κ3) is 6.55. The van der Waals surface area contributed by atoms with Crippen molar-refractivity contribution in [3.63, 3.8) is 0 Å². The summed E-state index contributed by atoms with van der Waals surface area (Å²) in [5, 5.41) is 18.4. The minimum absolute atomic E-state index is 0. The average molecular weight is 545 g/mol. The van der Waals surface area contributed by atoms with Crippen molar-refractivity contribution in [3.8, 4) is 11.8 Å². The first-order valence-electron chi connectivity index (χ1n) is 9.40. The van der Waals surface area contributed by atoms with Crippen LogP contribution in [0.3, 0.4) is 0 Å². The van der Waals surface area contributed by atoms with Crippen molar-refractivity contribution in [2.45, 2.75) is 29.7 Å². The number of carbonyl (C=O) groups excluding carboxylic acids is 2. The van der Waals surface area contributed by atoms with Gasteiger partial charge in [-0.3, -0.25) is 9.36 Å². The van der Waals surface area contributed by atoms with E-state index in [4.69, 9.17) is 5.26 Å². The molecule has 3 aromatic rings. The van der Waals surface area contributed by atoms with E-state index in [-0.39, 0.29) is 46.5 Å². The Morgan fingerprint density at radius 3 is 2.61 bits per heavy atom. The number of nitrogens with zero attached hydrogens (tertiary/aromatic N) is 3. The monoisotopic (exact) mass is 544 g/mol. The van der Waals surface area contributed by atoms with Crippen LogP contribution in [0.1, 0.15) is 18.4 Å². The maximum Gasteiger partial charge on any atom is 1.00 e. The fourth-order valence-corrected chi connectivity index (χ4v) is 4.50. The second kappa shape index (κ2) is 11.9. The zero-order valence-corrected chi connectivity index (χ0v) is 21.9. The van der Waals surface area contributed by atoms with Crippen LogP contribution in [0.5, 0.6) is 0 Å². The number of nitrogens with one attached hydrogen (secondary N) is 1. The predicted molar refractivity (Wildman–Crippen MR) is 116 cm³/mol. The van der Waals surface area contributed by atoms with E-state index >= 15 is 0 Å². The number of nitriles is 1. The van der Waals surface area contributed by atoms with Crippen molar-refractivity contribution in [1.29, 1.82) is 5.26 Å². The van der Waals surface area contributed by atoms with E-state index in [2.05, 4.69) is 27.0 Å². The molecular formula is C21H16BrF2N4NaO3S. The van der Waals surface area contributed by atoms with Gasteiger partial charge in [0.05, 0.1) is 30.5 Å². The number of carboxylic acid groups (broad SMARTS) is 1. The van der Waals surface area contributed by atoms with Crippen LogP contribution in [0.2, 0.25) is 0 Å². The summed E-state index contributed by atoms with van der Waals surface area (Å²) in [5.41, 5.74) is 1.60. The standard InChI is InChI=1S/C21H17BrF2N4O3S.Na/c22-17-11-27-20(32-21(23,24)19(31)26-12-18(29)30)28(17)16-9-8-13(5-3-4-10-25)14-6-1-2-7-15(14)16;/h1-2,6-9,11H,3-5,12H2,(H,26,31)(H,29,30);/q;+1/p-1. The maximum atomic E-state index is 14.5. The van der Waals surface area contributed by atoms with Gasteiger partial charge in [0, 0.05) is 11.8 Å². The zero-order chi connectivity index (χ0) is 23.3. The number of aryl methyl sites for hydroxylation is 1. The molecule has 1 N–H and O–H groups in total. The molecule has 0 bridgehead atoms. The first-order chi connectivity index (χ1) is 15.2. The van der Waals surface area contributed by atoms with Crippen molar-refractivity contribution in [2.24, 2.45) is 0 Å². The van der Waals surface area contributed by atoms with Crippen LogP contribution >= 0.6 is 27.7 Å². The number of benzene rings is 2. The van der Waals surface area contributed by atoms with Crippen LogP contribution in [0.4, 0.5) is 8.78 Å². The number of thioether (sulfide) groups is 1. The van der Waals surface area contributed by atoms with E-state index in [1.807, 2.05) is 30.3 Å². The molecule has 1 heterocycles. The summed E-state index contributed by atoms with van der Waals surface area (Å²) in [6.07, 6.45) is 3.16. The number of aliphatic carboxylic acids is 1. The Morgan fingerprint density at radius 2 is 1.94 bits per heavy atom. The van der Waals surface area contributed by atoms with Crippen molar-refractivity contribution in [3.05, 3.63) is 52.8 Å². The van der Waals surface area contributed by atoms with Gasteiger partial charge in [-0.05, 0) is 57.5 Å². The Kier molecular flexibility index (Phi) is 9.87. The molecule has 7 nitrogen and oxygen atoms in total. The van der Waals surface area contributed by atoms with Crippen LogP contribution in [-0.2, 0) is 16.0 Å². The molecule has 0 saturated heterocycles. The number of fused-ring (bicyclic) bond motifs is 1. The number of rotatable bonds is 9. The number of alkyl halides is 2. The fourth-order valence-electron chi connectivity index (χ4n) is 3.14. The van der Waals surface area contributed by atoms with Crippen molar-refractivity contribution >= 4 is 50.3 Å². The number of carboxylic acids is 1. The Bertz CT molecular complexity index is 1220. The summed E-state index contributed by atoms with van der Waals surface area (Å²) in [6.45, 7) is -1.02. The topological polar surface area (TPSA) is 111 Å². The predicted octanol–water partition coefficient (Wildman–Crippen LogP) is 0.189. The second-order valence-electron chi connectivity index (χ2n) is 6.67. The van der Waals surface area contributed by atoms with Gasteiger partial charge >= 0.3 is 40.7 Å². The van der Waals surface area contributed by atoms with E-state index in [1.165, 1.54) is 10.8 Å². The molecule has 12 heteroatoms. The number of aromatic nitrogens is 2. The third-order valence-corrected chi connectivity index (χ3v) is 6.00. The number of imidazole rings is 1. The molecule has 0 fully saturated rings. The number of hydrogen-bond donors (Lipinski definition) is 1. The number of halogens is 3.